The molecule has 0 radical (unpaired) electrons. The van der Waals surface area contributed by atoms with E-state index < -0.39 is 29.8 Å². The molecule has 3 heterocycles. The van der Waals surface area contributed by atoms with E-state index in [2.05, 4.69) is 20.0 Å². The largest absolute Gasteiger partial charge is 0.439 e. The van der Waals surface area contributed by atoms with Crippen molar-refractivity contribution in [3.8, 4) is 11.4 Å². The van der Waals surface area contributed by atoms with Crippen LogP contribution in [0.25, 0.3) is 11.4 Å². The van der Waals surface area contributed by atoms with Crippen LogP contribution in [-0.2, 0) is 14.3 Å². The van der Waals surface area contributed by atoms with Crippen LogP contribution in [0.2, 0.25) is 0 Å². The van der Waals surface area contributed by atoms with Gasteiger partial charge in [0.2, 0.25) is 0 Å². The summed E-state index contributed by atoms with van der Waals surface area (Å²) in [5, 5.41) is 16.8. The van der Waals surface area contributed by atoms with Crippen LogP contribution >= 0.6 is 0 Å². The second kappa shape index (κ2) is 9.76. The predicted octanol–water partition coefficient (Wildman–Crippen LogP) is 0.607. The molecule has 0 aliphatic carbocycles. The van der Waals surface area contributed by atoms with Crippen molar-refractivity contribution in [2.45, 2.75) is 18.6 Å². The van der Waals surface area contributed by atoms with Crippen molar-refractivity contribution < 1.29 is 28.8 Å². The van der Waals surface area contributed by atoms with E-state index in [4.69, 9.17) is 4.74 Å². The van der Waals surface area contributed by atoms with Gasteiger partial charge >= 0.3 is 5.76 Å². The molecule has 3 N–H and O–H groups in total. The minimum atomic E-state index is -1.77. The molecule has 2 saturated heterocycles. The zero-order valence-electron chi connectivity index (χ0n) is 19.0. The smallest absolute Gasteiger partial charge is 0.380 e. The average molecular weight is 493 g/mol. The van der Waals surface area contributed by atoms with Gasteiger partial charge in [0.05, 0.1) is 6.61 Å². The van der Waals surface area contributed by atoms with E-state index in [1.807, 2.05) is 0 Å². The van der Waals surface area contributed by atoms with Crippen molar-refractivity contribution in [1.82, 2.24) is 15.0 Å². The maximum absolute atomic E-state index is 13.1. The molecule has 0 bridgehead atoms. The number of ether oxygens (including phenoxy) is 1. The number of H-pyrrole nitrogens is 1. The summed E-state index contributed by atoms with van der Waals surface area (Å²) in [5.74, 6) is -1.95. The Hall–Kier alpha value is -4.29. The molecule has 0 spiro atoms. The zero-order chi connectivity index (χ0) is 25.2. The number of aromatic nitrogens is 2. The van der Waals surface area contributed by atoms with Crippen LogP contribution in [0, 0.1) is 0 Å². The maximum atomic E-state index is 13.1. The second-order valence-electron chi connectivity index (χ2n) is 8.43. The third-order valence-electron chi connectivity index (χ3n) is 6.09. The highest BCUT2D eigenvalue weighted by molar-refractivity contribution is 6.04. The second-order valence-corrected chi connectivity index (χ2v) is 8.43. The van der Waals surface area contributed by atoms with Gasteiger partial charge in [0.15, 0.2) is 18.0 Å². The molecule has 186 valence electrons. The fourth-order valence-corrected chi connectivity index (χ4v) is 4.02. The molecule has 36 heavy (non-hydrogen) atoms. The summed E-state index contributed by atoms with van der Waals surface area (Å²) in [5.41, 5.74) is 1.87. The molecule has 2 aliphatic heterocycles. The topological polar surface area (TPSA) is 158 Å². The van der Waals surface area contributed by atoms with Crippen molar-refractivity contribution in [2.24, 2.45) is 0 Å². The quantitative estimate of drug-likeness (QED) is 0.451. The lowest BCUT2D eigenvalue weighted by molar-refractivity contribution is -0.150. The Morgan fingerprint density at radius 3 is 2.56 bits per heavy atom. The molecule has 12 heteroatoms. The molecule has 2 aliphatic rings. The van der Waals surface area contributed by atoms with Crippen molar-refractivity contribution in [1.29, 1.82) is 0 Å². The number of nitrogens with zero attached hydrogens (tertiary/aromatic N) is 3. The number of rotatable bonds is 6. The minimum absolute atomic E-state index is 0.0966. The fraction of sp³-hybridized carbons (Fsp3) is 0.292. The number of amides is 3. The van der Waals surface area contributed by atoms with E-state index >= 15 is 0 Å². The highest BCUT2D eigenvalue weighted by atomic mass is 16.5. The van der Waals surface area contributed by atoms with Crippen molar-refractivity contribution >= 4 is 29.1 Å². The zero-order valence-corrected chi connectivity index (χ0v) is 19.0. The standard InChI is InChI=1S/C24H23N5O7/c30-18(21(31)25-16-7-5-14(6-8-16)20-26-24(34)36-27-20)19-23(33)29(11-12-35-19)17-4-1-3-15(13-17)22(32)28-9-2-10-28/h1,3-8,13,18-19,30H,2,9-12H2,(H,25,31)(H,26,27,34). The van der Waals surface area contributed by atoms with E-state index in [1.54, 1.807) is 53.4 Å². The van der Waals surface area contributed by atoms with E-state index in [1.165, 1.54) is 4.90 Å². The molecular formula is C24H23N5O7. The number of aliphatic hydroxyl groups is 1. The molecule has 0 saturated carbocycles. The first-order valence-corrected chi connectivity index (χ1v) is 11.4. The maximum Gasteiger partial charge on any atom is 0.439 e. The SMILES string of the molecule is O=C(Nc1ccc(-c2noc(=O)[nH]2)cc1)C(O)C1OCCN(c2cccc(C(=O)N3CCC3)c2)C1=O. The summed E-state index contributed by atoms with van der Waals surface area (Å²) in [6, 6.07) is 13.0. The average Bonchev–Trinajstić information content (AvgIpc) is 3.29. The van der Waals surface area contributed by atoms with Crippen LogP contribution in [0.15, 0.2) is 57.8 Å². The lowest BCUT2D eigenvalue weighted by atomic mass is 10.1. The summed E-state index contributed by atoms with van der Waals surface area (Å²) in [6.07, 6.45) is -2.20. The van der Waals surface area contributed by atoms with Gasteiger partial charge < -0.3 is 25.0 Å². The number of aliphatic hydroxyl groups excluding tert-OH is 1. The van der Waals surface area contributed by atoms with Gasteiger partial charge in [-0.2, -0.15) is 0 Å². The molecular weight excluding hydrogens is 470 g/mol. The number of carbonyl (C=O) groups is 3. The first kappa shape index (κ1) is 23.5. The molecule has 2 fully saturated rings. The number of hydrogen-bond donors (Lipinski definition) is 3. The van der Waals surface area contributed by atoms with E-state index in [0.29, 0.717) is 35.6 Å². The summed E-state index contributed by atoms with van der Waals surface area (Å²) in [6.45, 7) is 1.75. The number of aromatic amines is 1. The van der Waals surface area contributed by atoms with Crippen molar-refractivity contribution in [3.05, 3.63) is 64.6 Å². The first-order valence-electron chi connectivity index (χ1n) is 11.4. The first-order chi connectivity index (χ1) is 17.4. The van der Waals surface area contributed by atoms with Crippen molar-refractivity contribution in [3.63, 3.8) is 0 Å². The highest BCUT2D eigenvalue weighted by Crippen LogP contribution is 2.24. The number of hydrogen-bond acceptors (Lipinski definition) is 8. The minimum Gasteiger partial charge on any atom is -0.380 e. The van der Waals surface area contributed by atoms with Gasteiger partial charge in [-0.3, -0.25) is 23.9 Å². The number of nitrogens with one attached hydrogen (secondary N) is 2. The number of likely N-dealkylation sites (tertiary alicyclic amines) is 1. The Morgan fingerprint density at radius 1 is 1.11 bits per heavy atom. The predicted molar refractivity (Wildman–Crippen MR) is 126 cm³/mol. The van der Waals surface area contributed by atoms with Crippen molar-refractivity contribution in [2.75, 3.05) is 36.5 Å². The lowest BCUT2D eigenvalue weighted by Crippen LogP contribution is -2.55. The van der Waals surface area contributed by atoms with E-state index in [-0.39, 0.29) is 24.9 Å². The highest BCUT2D eigenvalue weighted by Gasteiger charge is 2.39. The summed E-state index contributed by atoms with van der Waals surface area (Å²) >= 11 is 0. The van der Waals surface area contributed by atoms with Crippen LogP contribution in [0.5, 0.6) is 0 Å². The number of carbonyl (C=O) groups excluding carboxylic acids is 3. The van der Waals surface area contributed by atoms with Gasteiger partial charge in [-0.1, -0.05) is 11.2 Å². The molecule has 12 nitrogen and oxygen atoms in total. The molecule has 3 amide bonds. The molecule has 1 aromatic heterocycles. The molecule has 5 rings (SSSR count). The summed E-state index contributed by atoms with van der Waals surface area (Å²) < 4.78 is 9.92. The lowest BCUT2D eigenvalue weighted by Gasteiger charge is -2.34. The molecule has 3 aromatic rings. The van der Waals surface area contributed by atoms with E-state index in [0.717, 1.165) is 6.42 Å². The molecule has 2 aromatic carbocycles. The molecule has 2 atom stereocenters. The number of anilines is 2. The van der Waals surface area contributed by atoms with Crippen LogP contribution in [-0.4, -0.2) is 76.3 Å². The number of morpholine rings is 1. The Balaban J connectivity index is 1.25. The van der Waals surface area contributed by atoms with Crippen LogP contribution in [0.1, 0.15) is 16.8 Å². The Morgan fingerprint density at radius 2 is 1.89 bits per heavy atom. The number of benzene rings is 2. The van der Waals surface area contributed by atoms with E-state index in [9.17, 15) is 24.3 Å². The third kappa shape index (κ3) is 4.63. The Labute approximate surface area is 204 Å². The van der Waals surface area contributed by atoms with Crippen LogP contribution in [0.3, 0.4) is 0 Å². The Kier molecular flexibility index (Phi) is 6.36. The monoisotopic (exact) mass is 493 g/mol. The summed E-state index contributed by atoms with van der Waals surface area (Å²) in [7, 11) is 0. The van der Waals surface area contributed by atoms with Gasteiger partial charge in [0.1, 0.15) is 0 Å². The van der Waals surface area contributed by atoms with Gasteiger partial charge in [-0.15, -0.1) is 0 Å². The van der Waals surface area contributed by atoms with Gasteiger partial charge in [0, 0.05) is 42.1 Å². The van der Waals surface area contributed by atoms with Crippen LogP contribution in [0.4, 0.5) is 11.4 Å². The third-order valence-corrected chi connectivity index (χ3v) is 6.09. The fourth-order valence-electron chi connectivity index (χ4n) is 4.02. The van der Waals surface area contributed by atoms with Crippen LogP contribution < -0.4 is 16.0 Å². The van der Waals surface area contributed by atoms with Gasteiger partial charge in [-0.25, -0.2) is 4.79 Å². The normalized spacial score (nSPS) is 18.5. The molecule has 2 unspecified atom stereocenters. The Bertz CT molecular complexity index is 1350. The van der Waals surface area contributed by atoms with Gasteiger partial charge in [0.25, 0.3) is 17.7 Å². The van der Waals surface area contributed by atoms with Gasteiger partial charge in [-0.05, 0) is 48.9 Å². The summed E-state index contributed by atoms with van der Waals surface area (Å²) in [4.78, 5) is 55.0.